The Hall–Kier alpha value is -2.78. The van der Waals surface area contributed by atoms with E-state index in [9.17, 15) is 10.5 Å². The monoisotopic (exact) mass is 422 g/mol. The van der Waals surface area contributed by atoms with Crippen molar-refractivity contribution in [3.63, 3.8) is 0 Å². The second kappa shape index (κ2) is 9.36. The molecule has 2 aliphatic rings. The van der Waals surface area contributed by atoms with E-state index < -0.39 is 0 Å². The van der Waals surface area contributed by atoms with Crippen molar-refractivity contribution < 1.29 is 14.2 Å². The number of aromatic nitrogens is 1. The summed E-state index contributed by atoms with van der Waals surface area (Å²) in [4.78, 5) is 4.39. The lowest BCUT2D eigenvalue weighted by Crippen LogP contribution is -2.38. The minimum absolute atomic E-state index is 0.0740. The van der Waals surface area contributed by atoms with E-state index in [1.165, 1.54) is 11.8 Å². The second-order valence-electron chi connectivity index (χ2n) is 7.32. The third-order valence-corrected chi connectivity index (χ3v) is 6.47. The van der Waals surface area contributed by atoms with Crippen molar-refractivity contribution in [3.05, 3.63) is 35.4 Å². The van der Waals surface area contributed by atoms with E-state index in [2.05, 4.69) is 17.1 Å². The molecule has 1 aromatic carbocycles. The summed E-state index contributed by atoms with van der Waals surface area (Å²) in [6, 6.07) is 11.7. The molecule has 0 bridgehead atoms. The average Bonchev–Trinajstić information content (AvgIpc) is 2.75. The Kier molecular flexibility index (Phi) is 6.39. The molecule has 2 N–H and O–H groups in total. The number of hydrogen-bond donors (Lipinski definition) is 1. The van der Waals surface area contributed by atoms with Gasteiger partial charge in [-0.2, -0.15) is 10.5 Å². The zero-order valence-corrected chi connectivity index (χ0v) is 17.3. The summed E-state index contributed by atoms with van der Waals surface area (Å²) in [7, 11) is 0. The first-order valence-corrected chi connectivity index (χ1v) is 10.9. The molecular formula is C22H22N4O3S. The van der Waals surface area contributed by atoms with Gasteiger partial charge in [-0.25, -0.2) is 4.98 Å². The Bertz CT molecular complexity index is 987. The lowest BCUT2D eigenvalue weighted by Gasteiger charge is -2.26. The maximum Gasteiger partial charge on any atom is 0.145 e. The van der Waals surface area contributed by atoms with Crippen LogP contribution in [0.25, 0.3) is 11.1 Å². The number of rotatable bonds is 6. The molecular weight excluding hydrogens is 400 g/mol. The number of nitrogen functional groups attached to an aromatic ring is 1. The standard InChI is InChI=1S/C22H22N4O3S/c23-9-18-20(15-1-3-16(4-2-15)29-17-11-28-12-17)19(10-24)22(26-21(18)25)30-13-14-5-7-27-8-6-14/h1-4,14,17H,5-8,11-13H2,(H2,25,26). The number of hydrogen-bond acceptors (Lipinski definition) is 8. The van der Waals surface area contributed by atoms with Gasteiger partial charge >= 0.3 is 0 Å². The smallest absolute Gasteiger partial charge is 0.145 e. The van der Waals surface area contributed by atoms with Gasteiger partial charge in [-0.3, -0.25) is 0 Å². The lowest BCUT2D eigenvalue weighted by atomic mass is 9.97. The van der Waals surface area contributed by atoms with Gasteiger partial charge in [-0.15, -0.1) is 11.8 Å². The summed E-state index contributed by atoms with van der Waals surface area (Å²) in [5, 5.41) is 20.2. The third kappa shape index (κ3) is 4.36. The predicted molar refractivity (Wildman–Crippen MR) is 113 cm³/mol. The second-order valence-corrected chi connectivity index (χ2v) is 8.33. The quantitative estimate of drug-likeness (QED) is 0.705. The van der Waals surface area contributed by atoms with Crippen molar-refractivity contribution in [2.24, 2.45) is 5.92 Å². The molecule has 1 aromatic heterocycles. The summed E-state index contributed by atoms with van der Waals surface area (Å²) in [5.74, 6) is 2.23. The van der Waals surface area contributed by atoms with Crippen LogP contribution in [0.5, 0.6) is 5.75 Å². The van der Waals surface area contributed by atoms with Gasteiger partial charge in [0.2, 0.25) is 0 Å². The van der Waals surface area contributed by atoms with Gasteiger partial charge in [-0.05, 0) is 36.5 Å². The first kappa shape index (κ1) is 20.5. The van der Waals surface area contributed by atoms with Gasteiger partial charge in [0.25, 0.3) is 0 Å². The van der Waals surface area contributed by atoms with E-state index >= 15 is 0 Å². The Morgan fingerprint density at radius 2 is 1.77 bits per heavy atom. The molecule has 2 fully saturated rings. The molecule has 4 rings (SSSR count). The SMILES string of the molecule is N#Cc1c(N)nc(SCC2CCOCC2)c(C#N)c1-c1ccc(OC2COC2)cc1. The molecule has 0 amide bonds. The zero-order valence-electron chi connectivity index (χ0n) is 16.5. The minimum atomic E-state index is 0.0740. The molecule has 2 aromatic rings. The van der Waals surface area contributed by atoms with Crippen molar-refractivity contribution in [3.8, 4) is 29.0 Å². The Morgan fingerprint density at radius 1 is 1.07 bits per heavy atom. The Morgan fingerprint density at radius 3 is 2.37 bits per heavy atom. The summed E-state index contributed by atoms with van der Waals surface area (Å²) in [6.07, 6.45) is 2.08. The highest BCUT2D eigenvalue weighted by Gasteiger charge is 2.23. The van der Waals surface area contributed by atoms with E-state index in [0.29, 0.717) is 35.3 Å². The first-order chi connectivity index (χ1) is 14.7. The summed E-state index contributed by atoms with van der Waals surface area (Å²) < 4.78 is 16.3. The van der Waals surface area contributed by atoms with Gasteiger partial charge in [0.05, 0.1) is 18.8 Å². The molecule has 0 radical (unpaired) electrons. The number of pyridine rings is 1. The molecule has 0 unspecified atom stereocenters. The third-order valence-electron chi connectivity index (χ3n) is 5.27. The summed E-state index contributed by atoms with van der Waals surface area (Å²) in [5.41, 5.74) is 7.99. The van der Waals surface area contributed by atoms with Crippen molar-refractivity contribution in [1.29, 1.82) is 10.5 Å². The van der Waals surface area contributed by atoms with E-state index in [0.717, 1.165) is 43.1 Å². The van der Waals surface area contributed by atoms with Crippen LogP contribution in [0.3, 0.4) is 0 Å². The molecule has 0 aliphatic carbocycles. The molecule has 154 valence electrons. The largest absolute Gasteiger partial charge is 0.486 e. The lowest BCUT2D eigenvalue weighted by molar-refractivity contribution is -0.0796. The Balaban J connectivity index is 1.64. The minimum Gasteiger partial charge on any atom is -0.486 e. The van der Waals surface area contributed by atoms with Crippen LogP contribution in [0.15, 0.2) is 29.3 Å². The van der Waals surface area contributed by atoms with Crippen molar-refractivity contribution in [2.75, 3.05) is 37.9 Å². The fourth-order valence-electron chi connectivity index (χ4n) is 3.48. The van der Waals surface area contributed by atoms with Crippen LogP contribution in [0.4, 0.5) is 5.82 Å². The molecule has 0 spiro atoms. The van der Waals surface area contributed by atoms with E-state index in [1.807, 2.05) is 24.3 Å². The van der Waals surface area contributed by atoms with Gasteiger partial charge in [-0.1, -0.05) is 12.1 Å². The number of thioether (sulfide) groups is 1. The highest BCUT2D eigenvalue weighted by atomic mass is 32.2. The zero-order chi connectivity index (χ0) is 20.9. The summed E-state index contributed by atoms with van der Waals surface area (Å²) >= 11 is 1.53. The Labute approximate surface area is 179 Å². The van der Waals surface area contributed by atoms with Crippen LogP contribution >= 0.6 is 11.8 Å². The molecule has 0 saturated carbocycles. The maximum atomic E-state index is 9.91. The van der Waals surface area contributed by atoms with Crippen LogP contribution in [0.1, 0.15) is 24.0 Å². The van der Waals surface area contributed by atoms with E-state index in [4.69, 9.17) is 19.9 Å². The molecule has 7 nitrogen and oxygen atoms in total. The van der Waals surface area contributed by atoms with Gasteiger partial charge in [0.1, 0.15) is 40.4 Å². The maximum absolute atomic E-state index is 9.91. The topological polar surface area (TPSA) is 114 Å². The normalized spacial score (nSPS) is 17.0. The molecule has 8 heteroatoms. The molecule has 30 heavy (non-hydrogen) atoms. The van der Waals surface area contributed by atoms with Crippen LogP contribution in [-0.4, -0.2) is 43.3 Å². The number of nitrogens with two attached hydrogens (primary N) is 1. The number of anilines is 1. The molecule has 3 heterocycles. The average molecular weight is 423 g/mol. The van der Waals surface area contributed by atoms with Crippen LogP contribution in [0, 0.1) is 28.6 Å². The highest BCUT2D eigenvalue weighted by molar-refractivity contribution is 7.99. The van der Waals surface area contributed by atoms with Crippen LogP contribution in [-0.2, 0) is 9.47 Å². The molecule has 2 aliphatic heterocycles. The van der Waals surface area contributed by atoms with E-state index in [-0.39, 0.29) is 17.5 Å². The number of benzene rings is 1. The van der Waals surface area contributed by atoms with Gasteiger partial charge in [0.15, 0.2) is 0 Å². The number of nitrogens with zero attached hydrogens (tertiary/aromatic N) is 3. The number of ether oxygens (including phenoxy) is 3. The fourth-order valence-corrected chi connectivity index (χ4v) is 4.66. The van der Waals surface area contributed by atoms with Gasteiger partial charge < -0.3 is 19.9 Å². The van der Waals surface area contributed by atoms with Gasteiger partial charge in [0, 0.05) is 24.5 Å². The van der Waals surface area contributed by atoms with E-state index in [1.54, 1.807) is 0 Å². The van der Waals surface area contributed by atoms with Crippen molar-refractivity contribution in [2.45, 2.75) is 24.0 Å². The molecule has 0 atom stereocenters. The van der Waals surface area contributed by atoms with Crippen LogP contribution in [0.2, 0.25) is 0 Å². The molecule has 2 saturated heterocycles. The number of nitriles is 2. The van der Waals surface area contributed by atoms with Crippen molar-refractivity contribution >= 4 is 17.6 Å². The first-order valence-electron chi connectivity index (χ1n) is 9.88. The highest BCUT2D eigenvalue weighted by Crippen LogP contribution is 2.37. The van der Waals surface area contributed by atoms with Crippen LogP contribution < -0.4 is 10.5 Å². The summed E-state index contributed by atoms with van der Waals surface area (Å²) in [6.45, 7) is 2.72. The van der Waals surface area contributed by atoms with Crippen molar-refractivity contribution in [1.82, 2.24) is 4.98 Å². The fraction of sp³-hybridized carbons (Fsp3) is 0.409. The predicted octanol–water partition coefficient (Wildman–Crippen LogP) is 3.37.